The molecule has 6 heterocycles. The van der Waals surface area contributed by atoms with E-state index in [1.807, 2.05) is 0 Å². The number of alkyl halides is 5. The first-order valence-corrected chi connectivity index (χ1v) is 24.2. The number of rotatable bonds is 16. The Hall–Kier alpha value is -6.08. The number of hydrogen-bond acceptors (Lipinski definition) is 12. The predicted molar refractivity (Wildman–Crippen MR) is 252 cm³/mol. The number of halogens is 5. The molecule has 0 saturated heterocycles. The molecule has 3 fully saturated rings. The number of unbranched alkanes of at least 4 members (excludes halogenated alkanes) is 1. The van der Waals surface area contributed by atoms with Crippen molar-refractivity contribution in [1.82, 2.24) is 29.9 Å². The van der Waals surface area contributed by atoms with Crippen molar-refractivity contribution in [3.8, 4) is 0 Å². The van der Waals surface area contributed by atoms with Crippen LogP contribution in [0.2, 0.25) is 0 Å². The van der Waals surface area contributed by atoms with Gasteiger partial charge in [0.15, 0.2) is 18.5 Å². The van der Waals surface area contributed by atoms with Crippen LogP contribution in [0.1, 0.15) is 164 Å². The minimum atomic E-state index is -2.71. The molecular formula is C50H59F5N6O9. The lowest BCUT2D eigenvalue weighted by Gasteiger charge is -2.11. The number of aromatic amines is 3. The molecule has 0 spiro atoms. The van der Waals surface area contributed by atoms with Crippen LogP contribution in [0, 0.1) is 29.6 Å². The molecule has 0 radical (unpaired) electrons. The molecular weight excluding hydrogens is 924 g/mol. The summed E-state index contributed by atoms with van der Waals surface area (Å²) in [6.45, 7) is 8.11. The average Bonchev–Trinajstić information content (AvgIpc) is 4.19. The maximum Gasteiger partial charge on any atom is 0.337 e. The van der Waals surface area contributed by atoms with Crippen molar-refractivity contribution in [3.63, 3.8) is 0 Å². The standard InChI is InChI=1S/C18H23FN2O3.C17H21FN2O3.C15H15F3N2O3/c1-3-4-5-11-8-12(11)6-7-13-9-14(22)24-18-15(13)17(23)20-16(21-18)10(2)19;1-3-4-10-7-11(10)5-6-12-8-13(21)23-17-14(12)16(22)19-15(20-17)9(2)18;1-7(16)12-19-13(22)11-9(5-10(21)23-14(11)20-12)4-8-2-3-15(17,18)6-8/h9-12H,3-8H2,1-2H3,(H,20,21,23);8-11H,3-7H2,1-2H3,(H,19,20,22);5,7-8H,2-4,6H2,1H3,(H,19,20,22)/t;;7?,8-/m..1/s1. The Morgan fingerprint density at radius 2 is 0.971 bits per heavy atom. The smallest absolute Gasteiger partial charge is 0.337 e. The summed E-state index contributed by atoms with van der Waals surface area (Å²) in [6.07, 6.45) is 7.41. The summed E-state index contributed by atoms with van der Waals surface area (Å²) in [7, 11) is 0. The fourth-order valence-electron chi connectivity index (χ4n) is 9.70. The van der Waals surface area contributed by atoms with Crippen molar-refractivity contribution in [2.24, 2.45) is 29.6 Å². The molecule has 7 unspecified atom stereocenters. The minimum absolute atomic E-state index is 0.0178. The van der Waals surface area contributed by atoms with Gasteiger partial charge >= 0.3 is 16.9 Å². The van der Waals surface area contributed by atoms with E-state index in [9.17, 15) is 50.7 Å². The third-order valence-corrected chi connectivity index (χ3v) is 13.6. The fraction of sp³-hybridized carbons (Fsp3) is 0.580. The molecule has 3 saturated carbocycles. The van der Waals surface area contributed by atoms with Crippen molar-refractivity contribution in [2.45, 2.75) is 155 Å². The highest BCUT2D eigenvalue weighted by molar-refractivity contribution is 5.77. The van der Waals surface area contributed by atoms with Gasteiger partial charge in [0.1, 0.15) is 33.6 Å². The normalized spacial score (nSPS) is 21.4. The molecule has 0 amide bonds. The van der Waals surface area contributed by atoms with Crippen molar-refractivity contribution in [2.75, 3.05) is 0 Å². The van der Waals surface area contributed by atoms with Crippen molar-refractivity contribution in [1.29, 1.82) is 0 Å². The largest absolute Gasteiger partial charge is 0.403 e. The van der Waals surface area contributed by atoms with Gasteiger partial charge in [-0.1, -0.05) is 46.0 Å². The number of H-pyrrole nitrogens is 3. The second kappa shape index (κ2) is 21.9. The zero-order valence-corrected chi connectivity index (χ0v) is 39.9. The van der Waals surface area contributed by atoms with Gasteiger partial charge in [-0.15, -0.1) is 0 Å². The number of aromatic nitrogens is 6. The summed E-state index contributed by atoms with van der Waals surface area (Å²) in [6, 6.07) is 3.84. The maximum atomic E-state index is 13.4. The second-order valence-corrected chi connectivity index (χ2v) is 19.2. The average molecular weight is 983 g/mol. The van der Waals surface area contributed by atoms with E-state index < -0.39 is 58.0 Å². The monoisotopic (exact) mass is 982 g/mol. The lowest BCUT2D eigenvalue weighted by Crippen LogP contribution is -2.18. The first-order chi connectivity index (χ1) is 33.2. The molecule has 378 valence electrons. The van der Waals surface area contributed by atoms with Gasteiger partial charge in [-0.3, -0.25) is 14.4 Å². The van der Waals surface area contributed by atoms with Gasteiger partial charge in [0.2, 0.25) is 23.1 Å². The predicted octanol–water partition coefficient (Wildman–Crippen LogP) is 9.83. The molecule has 0 bridgehead atoms. The third kappa shape index (κ3) is 12.8. The molecule has 6 aromatic heterocycles. The van der Waals surface area contributed by atoms with Gasteiger partial charge in [0.05, 0.1) is 0 Å². The first kappa shape index (κ1) is 51.8. The van der Waals surface area contributed by atoms with Crippen LogP contribution in [-0.4, -0.2) is 35.8 Å². The van der Waals surface area contributed by atoms with Crippen LogP contribution in [0.25, 0.3) is 33.3 Å². The Bertz CT molecular complexity index is 3190. The van der Waals surface area contributed by atoms with Gasteiger partial charge in [0, 0.05) is 31.0 Å². The van der Waals surface area contributed by atoms with E-state index in [0.717, 1.165) is 30.7 Å². The topological polar surface area (TPSA) is 228 Å². The quantitative estimate of drug-likeness (QED) is 0.0770. The summed E-state index contributed by atoms with van der Waals surface area (Å²) in [5.74, 6) is -0.590. The zero-order valence-electron chi connectivity index (χ0n) is 39.9. The second-order valence-electron chi connectivity index (χ2n) is 19.2. The summed E-state index contributed by atoms with van der Waals surface area (Å²) in [5, 5.41) is 0.552. The lowest BCUT2D eigenvalue weighted by atomic mass is 9.97. The van der Waals surface area contributed by atoms with Crippen molar-refractivity contribution in [3.05, 3.63) is 115 Å². The van der Waals surface area contributed by atoms with Gasteiger partial charge in [-0.25, -0.2) is 36.3 Å². The van der Waals surface area contributed by atoms with Gasteiger partial charge in [0.25, 0.3) is 16.7 Å². The van der Waals surface area contributed by atoms with E-state index in [2.05, 4.69) is 43.8 Å². The van der Waals surface area contributed by atoms with E-state index >= 15 is 0 Å². The van der Waals surface area contributed by atoms with Crippen LogP contribution < -0.4 is 33.6 Å². The number of nitrogens with zero attached hydrogens (tertiary/aromatic N) is 3. The summed E-state index contributed by atoms with van der Waals surface area (Å²) >= 11 is 0. The lowest BCUT2D eigenvalue weighted by molar-refractivity contribution is 0.00508. The van der Waals surface area contributed by atoms with E-state index in [1.165, 1.54) is 77.8 Å². The number of hydrogen-bond donors (Lipinski definition) is 3. The SMILES string of the molecule is CC(F)c1nc2oc(=O)cc(C[C@H]3CCC(F)(F)C3)c2c(=O)[nH]1.CCCC1CC1CCc1cc(=O)oc2nc(C(C)F)[nH]c(=O)c12.CCCCC1CC1CCc1cc(=O)oc2nc(C(C)F)[nH]c(=O)c12. The van der Waals surface area contributed by atoms with Gasteiger partial charge < -0.3 is 28.2 Å². The molecule has 3 aliphatic carbocycles. The molecule has 8 atom stereocenters. The van der Waals surface area contributed by atoms with Crippen molar-refractivity contribution >= 4 is 33.3 Å². The number of fused-ring (bicyclic) bond motifs is 3. The van der Waals surface area contributed by atoms with Gasteiger partial charge in [-0.05, 0) is 118 Å². The maximum absolute atomic E-state index is 13.4. The highest BCUT2D eigenvalue weighted by atomic mass is 19.3. The summed E-state index contributed by atoms with van der Waals surface area (Å²) in [4.78, 5) is 90.7. The van der Waals surface area contributed by atoms with Crippen LogP contribution in [0.15, 0.2) is 60.2 Å². The van der Waals surface area contributed by atoms with Crippen LogP contribution in [0.3, 0.4) is 0 Å². The highest BCUT2D eigenvalue weighted by Gasteiger charge is 2.40. The van der Waals surface area contributed by atoms with Crippen LogP contribution in [0.5, 0.6) is 0 Å². The molecule has 0 aliphatic heterocycles. The summed E-state index contributed by atoms with van der Waals surface area (Å²) in [5.41, 5.74) is -2.19. The van der Waals surface area contributed by atoms with E-state index in [0.29, 0.717) is 47.8 Å². The Labute approximate surface area is 397 Å². The van der Waals surface area contributed by atoms with E-state index in [1.54, 1.807) is 0 Å². The minimum Gasteiger partial charge on any atom is -0.403 e. The fourth-order valence-corrected chi connectivity index (χ4v) is 9.70. The van der Waals surface area contributed by atoms with E-state index in [-0.39, 0.29) is 76.0 Å². The molecule has 9 rings (SSSR count). The van der Waals surface area contributed by atoms with Gasteiger partial charge in [-0.2, -0.15) is 15.0 Å². The first-order valence-electron chi connectivity index (χ1n) is 24.2. The molecule has 0 aromatic carbocycles. The van der Waals surface area contributed by atoms with Crippen LogP contribution >= 0.6 is 0 Å². The van der Waals surface area contributed by atoms with Crippen LogP contribution in [0.4, 0.5) is 22.0 Å². The third-order valence-electron chi connectivity index (χ3n) is 13.6. The Morgan fingerprint density at radius 3 is 1.34 bits per heavy atom. The van der Waals surface area contributed by atoms with Crippen molar-refractivity contribution < 1.29 is 35.2 Å². The Kier molecular flexibility index (Phi) is 16.2. The molecule has 3 N–H and O–H groups in total. The Balaban J connectivity index is 0.000000155. The number of aryl methyl sites for hydroxylation is 2. The molecule has 6 aromatic rings. The Morgan fingerprint density at radius 1 is 0.586 bits per heavy atom. The molecule has 70 heavy (non-hydrogen) atoms. The highest BCUT2D eigenvalue weighted by Crippen LogP contribution is 2.46. The number of nitrogens with one attached hydrogen (secondary N) is 3. The molecule has 15 nitrogen and oxygen atoms in total. The van der Waals surface area contributed by atoms with E-state index in [4.69, 9.17) is 13.3 Å². The molecule has 3 aliphatic rings. The molecule has 20 heteroatoms. The zero-order chi connectivity index (χ0) is 50.6. The summed E-state index contributed by atoms with van der Waals surface area (Å²) < 4.78 is 81.6. The van der Waals surface area contributed by atoms with Crippen LogP contribution in [-0.2, 0) is 19.3 Å².